The zero-order valence-electron chi connectivity index (χ0n) is 16.9. The highest BCUT2D eigenvalue weighted by Crippen LogP contribution is 2.71. The van der Waals surface area contributed by atoms with Gasteiger partial charge in [-0.15, -0.1) is 0 Å². The number of piperidine rings is 1. The molecule has 4 bridgehead atoms. The minimum Gasteiger partial charge on any atom is -0.313 e. The van der Waals surface area contributed by atoms with Gasteiger partial charge in [-0.1, -0.05) is 30.3 Å². The van der Waals surface area contributed by atoms with Crippen LogP contribution in [0.2, 0.25) is 0 Å². The summed E-state index contributed by atoms with van der Waals surface area (Å²) >= 11 is 0. The molecule has 156 valence electrons. The van der Waals surface area contributed by atoms with Gasteiger partial charge in [0.2, 0.25) is 0 Å². The summed E-state index contributed by atoms with van der Waals surface area (Å²) in [5.74, 6) is 0.293. The smallest absolute Gasteiger partial charge is 0.251 e. The van der Waals surface area contributed by atoms with Crippen molar-refractivity contribution in [3.63, 3.8) is 0 Å². The Labute approximate surface area is 171 Å². The molecule has 1 heterocycles. The third-order valence-corrected chi connectivity index (χ3v) is 8.14. The molecule has 6 rings (SSSR count). The van der Waals surface area contributed by atoms with E-state index in [1.165, 1.54) is 5.56 Å². The number of benzene rings is 1. The fraction of sp³-hybridized carbons (Fsp3) is 0.667. The summed E-state index contributed by atoms with van der Waals surface area (Å²) in [6.07, 6.45) is 5.24. The van der Waals surface area contributed by atoms with Gasteiger partial charge in [0.15, 0.2) is 6.17 Å². The van der Waals surface area contributed by atoms with Crippen LogP contribution in [0.15, 0.2) is 35.3 Å². The van der Waals surface area contributed by atoms with E-state index in [9.17, 15) is 13.6 Å². The number of aliphatic imine (C=N–C) groups is 1. The molecule has 0 spiro atoms. The summed E-state index contributed by atoms with van der Waals surface area (Å²) in [5, 5.41) is 3.01. The molecule has 4 aliphatic carbocycles. The standard InChI is InChI=1S/C24H30F2N2O/c25-8-7-22-10-17-11-23(14-22,18-4-2-1-3-5-18)16-24(12-17,15-22)21(29)28-20-6-9-27-13-19(20)26/h1-5,17,19,27H,6-16H2/b28-20+/t17?,19-,22+,23+,24?/m0/s1. The summed E-state index contributed by atoms with van der Waals surface area (Å²) in [6, 6.07) is 10.5. The van der Waals surface area contributed by atoms with E-state index in [-0.39, 0.29) is 30.0 Å². The van der Waals surface area contributed by atoms with E-state index >= 15 is 0 Å². The summed E-state index contributed by atoms with van der Waals surface area (Å²) < 4.78 is 27.9. The van der Waals surface area contributed by atoms with Crippen molar-refractivity contribution in [2.24, 2.45) is 21.7 Å². The van der Waals surface area contributed by atoms with Gasteiger partial charge in [0, 0.05) is 19.5 Å². The second-order valence-corrected chi connectivity index (χ2v) is 10.2. The van der Waals surface area contributed by atoms with Gasteiger partial charge < -0.3 is 5.32 Å². The van der Waals surface area contributed by atoms with Gasteiger partial charge in [-0.25, -0.2) is 9.38 Å². The summed E-state index contributed by atoms with van der Waals surface area (Å²) in [5.41, 5.74) is 0.931. The van der Waals surface area contributed by atoms with Crippen LogP contribution < -0.4 is 5.32 Å². The van der Waals surface area contributed by atoms with Crippen molar-refractivity contribution in [2.45, 2.75) is 63.0 Å². The lowest BCUT2D eigenvalue weighted by Crippen LogP contribution is -2.61. The van der Waals surface area contributed by atoms with Gasteiger partial charge in [0.05, 0.1) is 17.8 Å². The second kappa shape index (κ2) is 6.97. The van der Waals surface area contributed by atoms with Crippen molar-refractivity contribution in [1.29, 1.82) is 0 Å². The van der Waals surface area contributed by atoms with Crippen molar-refractivity contribution in [3.05, 3.63) is 35.9 Å². The predicted molar refractivity (Wildman–Crippen MR) is 110 cm³/mol. The van der Waals surface area contributed by atoms with Crippen molar-refractivity contribution in [1.82, 2.24) is 5.32 Å². The quantitative estimate of drug-likeness (QED) is 0.805. The first-order valence-corrected chi connectivity index (χ1v) is 11.1. The number of halogens is 2. The van der Waals surface area contributed by atoms with Gasteiger partial charge >= 0.3 is 0 Å². The maximum absolute atomic E-state index is 14.3. The minimum atomic E-state index is -1.18. The van der Waals surface area contributed by atoms with Gasteiger partial charge in [0.25, 0.3) is 5.91 Å². The molecule has 5 heteroatoms. The topological polar surface area (TPSA) is 41.5 Å². The Morgan fingerprint density at radius 1 is 1.14 bits per heavy atom. The molecule has 29 heavy (non-hydrogen) atoms. The van der Waals surface area contributed by atoms with Crippen molar-refractivity contribution >= 4 is 11.6 Å². The average Bonchev–Trinajstić information content (AvgIpc) is 2.69. The molecule has 1 N–H and O–H groups in total. The number of alkyl halides is 2. The van der Waals surface area contributed by atoms with Crippen LogP contribution in [-0.2, 0) is 10.2 Å². The highest BCUT2D eigenvalue weighted by atomic mass is 19.1. The first-order valence-electron chi connectivity index (χ1n) is 11.1. The lowest BCUT2D eigenvalue weighted by Gasteiger charge is -2.66. The summed E-state index contributed by atoms with van der Waals surface area (Å²) in [4.78, 5) is 18.0. The number of rotatable bonds is 4. The number of nitrogens with one attached hydrogen (secondary N) is 1. The van der Waals surface area contributed by atoms with Crippen molar-refractivity contribution in [2.75, 3.05) is 19.8 Å². The maximum Gasteiger partial charge on any atom is 0.251 e. The lowest BCUT2D eigenvalue weighted by atomic mass is 9.38. The number of carbonyl (C=O) groups excluding carboxylic acids is 1. The molecule has 4 saturated carbocycles. The molecule has 1 amide bonds. The van der Waals surface area contributed by atoms with E-state index in [1.54, 1.807) is 0 Å². The van der Waals surface area contributed by atoms with Gasteiger partial charge in [-0.05, 0) is 67.3 Å². The predicted octanol–water partition coefficient (Wildman–Crippen LogP) is 4.55. The fourth-order valence-electron chi connectivity index (χ4n) is 7.56. The molecule has 0 radical (unpaired) electrons. The number of nitrogens with zero attached hydrogens (tertiary/aromatic N) is 1. The van der Waals surface area contributed by atoms with E-state index < -0.39 is 11.6 Å². The number of carbonyl (C=O) groups is 1. The van der Waals surface area contributed by atoms with Crippen LogP contribution in [0.3, 0.4) is 0 Å². The molecular formula is C24H30F2N2O. The van der Waals surface area contributed by atoms with Gasteiger partial charge in [0.1, 0.15) is 0 Å². The molecule has 2 unspecified atom stereocenters. The van der Waals surface area contributed by atoms with Crippen LogP contribution in [-0.4, -0.2) is 37.6 Å². The third-order valence-electron chi connectivity index (χ3n) is 8.14. The Kier molecular flexibility index (Phi) is 4.65. The zero-order chi connectivity index (χ0) is 20.1. The Hall–Kier alpha value is -1.62. The van der Waals surface area contributed by atoms with E-state index in [2.05, 4.69) is 34.6 Å². The Morgan fingerprint density at radius 2 is 1.97 bits per heavy atom. The van der Waals surface area contributed by atoms with E-state index in [0.717, 1.165) is 38.5 Å². The number of hydrogen-bond acceptors (Lipinski definition) is 2. The molecule has 1 aromatic rings. The molecule has 0 aromatic heterocycles. The van der Waals surface area contributed by atoms with Crippen LogP contribution in [0.4, 0.5) is 8.78 Å². The first kappa shape index (κ1) is 19.3. The highest BCUT2D eigenvalue weighted by Gasteiger charge is 2.65. The van der Waals surface area contributed by atoms with Crippen molar-refractivity contribution < 1.29 is 13.6 Å². The number of hydrogen-bond donors (Lipinski definition) is 1. The number of amides is 1. The third kappa shape index (κ3) is 3.17. The Bertz CT molecular complexity index is 827. The van der Waals surface area contributed by atoms with Crippen LogP contribution in [0.5, 0.6) is 0 Å². The molecule has 1 aliphatic heterocycles. The normalized spacial score (nSPS) is 42.3. The Morgan fingerprint density at radius 3 is 2.72 bits per heavy atom. The van der Waals surface area contributed by atoms with Gasteiger partial charge in [-0.3, -0.25) is 9.18 Å². The molecule has 5 atom stereocenters. The minimum absolute atomic E-state index is 0.0745. The fourth-order valence-corrected chi connectivity index (χ4v) is 7.56. The van der Waals surface area contributed by atoms with E-state index in [0.29, 0.717) is 31.0 Å². The van der Waals surface area contributed by atoms with Crippen LogP contribution >= 0.6 is 0 Å². The SMILES string of the molecule is O=C(/N=C1\CCNC[C@@H]1F)C12CC3C[C@@](CCF)(C1)C[C@](c1ccccc1)(C3)C2. The van der Waals surface area contributed by atoms with E-state index in [1.807, 2.05) is 6.07 Å². The second-order valence-electron chi connectivity index (χ2n) is 10.2. The largest absolute Gasteiger partial charge is 0.313 e. The van der Waals surface area contributed by atoms with Gasteiger partial charge in [-0.2, -0.15) is 0 Å². The molecule has 3 nitrogen and oxygen atoms in total. The summed E-state index contributed by atoms with van der Waals surface area (Å²) in [6.45, 7) is 0.567. The monoisotopic (exact) mass is 400 g/mol. The lowest BCUT2D eigenvalue weighted by molar-refractivity contribution is -0.161. The van der Waals surface area contributed by atoms with Crippen LogP contribution in [0.25, 0.3) is 0 Å². The zero-order valence-corrected chi connectivity index (χ0v) is 16.9. The van der Waals surface area contributed by atoms with Crippen LogP contribution in [0.1, 0.15) is 56.9 Å². The maximum atomic E-state index is 14.3. The Balaban J connectivity index is 1.54. The van der Waals surface area contributed by atoms with E-state index in [4.69, 9.17) is 0 Å². The molecule has 1 saturated heterocycles. The van der Waals surface area contributed by atoms with Crippen LogP contribution in [0, 0.1) is 16.7 Å². The molecule has 1 aromatic carbocycles. The molecular weight excluding hydrogens is 370 g/mol. The molecule has 5 aliphatic rings. The van der Waals surface area contributed by atoms with Crippen molar-refractivity contribution in [3.8, 4) is 0 Å². The first-order chi connectivity index (χ1) is 14.0. The summed E-state index contributed by atoms with van der Waals surface area (Å²) in [7, 11) is 0. The molecule has 5 fully saturated rings. The highest BCUT2D eigenvalue weighted by molar-refractivity contribution is 6.01. The average molecular weight is 401 g/mol.